The molecule has 0 rings (SSSR count). The lowest BCUT2D eigenvalue weighted by atomic mass is 10.1. The van der Waals surface area contributed by atoms with Crippen LogP contribution in [0.4, 0.5) is 0 Å². The lowest BCUT2D eigenvalue weighted by Crippen LogP contribution is -2.09. The Hall–Kier alpha value is -0.530. The summed E-state index contributed by atoms with van der Waals surface area (Å²) in [7, 11) is -2.66. The fourth-order valence-electron chi connectivity index (χ4n) is 1.26. The fourth-order valence-corrected chi connectivity index (χ4v) is 1.85. The van der Waals surface area contributed by atoms with Gasteiger partial charge in [-0.15, -0.1) is 0 Å². The molecular formula is C12H22O5S2. The SMILES string of the molecule is CCCCOC(=O)CCCC(=O)CCOS(C)(=O)=S. The average Bonchev–Trinajstić information content (AvgIpc) is 2.27. The first-order valence-electron chi connectivity index (χ1n) is 6.37. The Morgan fingerprint density at radius 2 is 1.79 bits per heavy atom. The van der Waals surface area contributed by atoms with Gasteiger partial charge < -0.3 is 4.74 Å². The first-order valence-corrected chi connectivity index (χ1v) is 9.18. The molecule has 0 heterocycles. The van der Waals surface area contributed by atoms with Crippen LogP contribution in [0.5, 0.6) is 0 Å². The predicted molar refractivity (Wildman–Crippen MR) is 76.7 cm³/mol. The van der Waals surface area contributed by atoms with E-state index in [2.05, 4.69) is 11.2 Å². The van der Waals surface area contributed by atoms with Crippen LogP contribution in [-0.2, 0) is 38.5 Å². The van der Waals surface area contributed by atoms with Crippen molar-refractivity contribution >= 4 is 31.7 Å². The Morgan fingerprint density at radius 3 is 2.37 bits per heavy atom. The number of Topliss-reactive ketones (excluding diaryl/α,β-unsaturated/α-hetero) is 1. The normalized spacial score (nSPS) is 13.8. The molecule has 0 N–H and O–H groups in total. The van der Waals surface area contributed by atoms with E-state index in [9.17, 15) is 13.8 Å². The van der Waals surface area contributed by atoms with E-state index in [-0.39, 0.29) is 31.2 Å². The van der Waals surface area contributed by atoms with E-state index in [1.165, 1.54) is 6.26 Å². The van der Waals surface area contributed by atoms with E-state index >= 15 is 0 Å². The van der Waals surface area contributed by atoms with Crippen molar-refractivity contribution in [1.82, 2.24) is 0 Å². The van der Waals surface area contributed by atoms with Crippen LogP contribution in [0.2, 0.25) is 0 Å². The van der Waals surface area contributed by atoms with Crippen molar-refractivity contribution in [2.24, 2.45) is 0 Å². The summed E-state index contributed by atoms with van der Waals surface area (Å²) in [6.07, 6.45) is 4.34. The first kappa shape index (κ1) is 18.5. The van der Waals surface area contributed by atoms with Crippen LogP contribution in [0.25, 0.3) is 0 Å². The molecule has 19 heavy (non-hydrogen) atoms. The maximum absolute atomic E-state index is 11.4. The molecule has 0 spiro atoms. The van der Waals surface area contributed by atoms with Crippen LogP contribution in [0, 0.1) is 0 Å². The summed E-state index contributed by atoms with van der Waals surface area (Å²) in [6.45, 7) is 2.53. The zero-order chi connectivity index (χ0) is 14.7. The van der Waals surface area contributed by atoms with Gasteiger partial charge in [-0.3, -0.25) is 13.8 Å². The minimum Gasteiger partial charge on any atom is -0.466 e. The van der Waals surface area contributed by atoms with Crippen molar-refractivity contribution in [3.63, 3.8) is 0 Å². The highest BCUT2D eigenvalue weighted by atomic mass is 32.8. The zero-order valence-electron chi connectivity index (χ0n) is 11.5. The summed E-state index contributed by atoms with van der Waals surface area (Å²) in [6, 6.07) is 0. The topological polar surface area (TPSA) is 69.7 Å². The summed E-state index contributed by atoms with van der Waals surface area (Å²) in [5.41, 5.74) is 0. The molecule has 0 aromatic carbocycles. The molecule has 112 valence electrons. The monoisotopic (exact) mass is 310 g/mol. The minimum atomic E-state index is -2.66. The van der Waals surface area contributed by atoms with Crippen molar-refractivity contribution < 1.29 is 22.7 Å². The van der Waals surface area contributed by atoms with E-state index in [0.717, 1.165) is 12.8 Å². The minimum absolute atomic E-state index is 0.0278. The van der Waals surface area contributed by atoms with Crippen LogP contribution in [0.15, 0.2) is 0 Å². The van der Waals surface area contributed by atoms with Gasteiger partial charge in [0.1, 0.15) is 14.6 Å². The lowest BCUT2D eigenvalue weighted by Gasteiger charge is -2.04. The van der Waals surface area contributed by atoms with Gasteiger partial charge in [-0.2, -0.15) is 0 Å². The number of rotatable bonds is 11. The number of carbonyl (C=O) groups excluding carboxylic acids is 2. The molecule has 0 bridgehead atoms. The molecule has 0 aliphatic heterocycles. The molecule has 0 radical (unpaired) electrons. The number of ketones is 1. The van der Waals surface area contributed by atoms with E-state index < -0.39 is 8.77 Å². The second-order valence-corrected chi connectivity index (χ2v) is 7.70. The first-order chi connectivity index (χ1) is 8.85. The molecule has 0 fully saturated rings. The zero-order valence-corrected chi connectivity index (χ0v) is 13.1. The number of ether oxygens (including phenoxy) is 1. The van der Waals surface area contributed by atoms with Gasteiger partial charge in [0.25, 0.3) is 0 Å². The van der Waals surface area contributed by atoms with Crippen LogP contribution >= 0.6 is 0 Å². The molecule has 1 unspecified atom stereocenters. The Morgan fingerprint density at radius 1 is 1.11 bits per heavy atom. The van der Waals surface area contributed by atoms with Crippen molar-refractivity contribution in [3.8, 4) is 0 Å². The molecule has 0 aromatic heterocycles. The highest BCUT2D eigenvalue weighted by Crippen LogP contribution is 2.03. The van der Waals surface area contributed by atoms with Crippen LogP contribution in [0.3, 0.4) is 0 Å². The van der Waals surface area contributed by atoms with Crippen LogP contribution < -0.4 is 0 Å². The van der Waals surface area contributed by atoms with Gasteiger partial charge in [-0.05, 0) is 12.8 Å². The highest BCUT2D eigenvalue weighted by Gasteiger charge is 2.07. The summed E-state index contributed by atoms with van der Waals surface area (Å²) >= 11 is 4.54. The molecule has 0 saturated carbocycles. The Balaban J connectivity index is 3.55. The quantitative estimate of drug-likeness (QED) is 0.428. The summed E-state index contributed by atoms with van der Waals surface area (Å²) in [4.78, 5) is 22.6. The molecule has 0 saturated heterocycles. The van der Waals surface area contributed by atoms with Gasteiger partial charge in [-0.1, -0.05) is 13.3 Å². The second-order valence-electron chi connectivity index (χ2n) is 4.24. The third-order valence-electron chi connectivity index (χ3n) is 2.28. The van der Waals surface area contributed by atoms with Crippen molar-refractivity contribution in [3.05, 3.63) is 0 Å². The van der Waals surface area contributed by atoms with Gasteiger partial charge in [-0.25, -0.2) is 4.21 Å². The van der Waals surface area contributed by atoms with E-state index in [4.69, 9.17) is 8.92 Å². The molecule has 7 heteroatoms. The molecule has 0 aliphatic rings. The maximum Gasteiger partial charge on any atom is 0.305 e. The van der Waals surface area contributed by atoms with E-state index in [1.807, 2.05) is 6.92 Å². The van der Waals surface area contributed by atoms with E-state index in [1.54, 1.807) is 0 Å². The van der Waals surface area contributed by atoms with E-state index in [0.29, 0.717) is 19.4 Å². The highest BCUT2D eigenvalue weighted by molar-refractivity contribution is 8.29. The summed E-state index contributed by atoms with van der Waals surface area (Å²) in [5, 5.41) is 0. The smallest absolute Gasteiger partial charge is 0.305 e. The average molecular weight is 310 g/mol. The van der Waals surface area contributed by atoms with Gasteiger partial charge in [0.2, 0.25) is 0 Å². The molecule has 5 nitrogen and oxygen atoms in total. The third kappa shape index (κ3) is 13.7. The Kier molecular flexibility index (Phi) is 9.99. The fraction of sp³-hybridized carbons (Fsp3) is 0.833. The van der Waals surface area contributed by atoms with Gasteiger partial charge in [0.05, 0.1) is 13.2 Å². The Labute approximate surface area is 119 Å². The van der Waals surface area contributed by atoms with Gasteiger partial charge in [0.15, 0.2) is 0 Å². The number of hydrogen-bond donors (Lipinski definition) is 0. The van der Waals surface area contributed by atoms with Crippen molar-refractivity contribution in [1.29, 1.82) is 0 Å². The largest absolute Gasteiger partial charge is 0.466 e. The summed E-state index contributed by atoms with van der Waals surface area (Å²) < 4.78 is 20.8. The number of hydrogen-bond acceptors (Lipinski definition) is 6. The number of esters is 1. The second kappa shape index (κ2) is 10.3. The van der Waals surface area contributed by atoms with Crippen LogP contribution in [0.1, 0.15) is 45.4 Å². The third-order valence-corrected chi connectivity index (χ3v) is 3.16. The predicted octanol–water partition coefficient (Wildman–Crippen LogP) is 1.77. The standard InChI is InChI=1S/C12H22O5S2/c1-3-4-9-16-12(14)7-5-6-11(13)8-10-17-19(2,15)18/h3-10H2,1-2H3. The van der Waals surface area contributed by atoms with Gasteiger partial charge in [0, 0.05) is 36.7 Å². The lowest BCUT2D eigenvalue weighted by molar-refractivity contribution is -0.143. The molecule has 1 atom stereocenters. The number of unbranched alkanes of at least 4 members (excludes halogenated alkanes) is 1. The van der Waals surface area contributed by atoms with Crippen LogP contribution in [-0.4, -0.2) is 35.4 Å². The van der Waals surface area contributed by atoms with Gasteiger partial charge >= 0.3 is 5.97 Å². The van der Waals surface area contributed by atoms with Crippen molar-refractivity contribution in [2.45, 2.75) is 45.4 Å². The molecule has 0 amide bonds. The summed E-state index contributed by atoms with van der Waals surface area (Å²) in [5.74, 6) is -0.292. The molecule has 0 aliphatic carbocycles. The maximum atomic E-state index is 11.4. The molecule has 0 aromatic rings. The Bertz CT molecular complexity index is 376. The number of carbonyl (C=O) groups is 2. The van der Waals surface area contributed by atoms with Crippen molar-refractivity contribution in [2.75, 3.05) is 19.5 Å². The molecular weight excluding hydrogens is 288 g/mol.